The number of phenols is 1. The number of phenolic OH excluding ortho intramolecular Hbond substituents is 1. The minimum absolute atomic E-state index is 0.380. The molecular weight excluding hydrogens is 457 g/mol. The molecule has 4 aromatic rings. The van der Waals surface area contributed by atoms with Gasteiger partial charge in [-0.3, -0.25) is 0 Å². The summed E-state index contributed by atoms with van der Waals surface area (Å²) in [6.07, 6.45) is 10.8. The highest BCUT2D eigenvalue weighted by atomic mass is 31.1. The van der Waals surface area contributed by atoms with Crippen molar-refractivity contribution >= 4 is 30.6 Å². The predicted octanol–water partition coefficient (Wildman–Crippen LogP) is 7.34. The van der Waals surface area contributed by atoms with Crippen LogP contribution in [0.2, 0.25) is 0 Å². The molecule has 0 spiro atoms. The van der Waals surface area contributed by atoms with Gasteiger partial charge in [-0.2, -0.15) is 0 Å². The number of rotatable bonds is 8. The molecule has 2 atom stereocenters. The van der Waals surface area contributed by atoms with E-state index >= 15 is 0 Å². The number of hydrogen-bond acceptors (Lipinski definition) is 2. The Bertz CT molecular complexity index is 1320. The molecule has 1 aliphatic carbocycles. The molecule has 0 heterocycles. The van der Waals surface area contributed by atoms with Crippen molar-refractivity contribution in [3.8, 4) is 5.75 Å². The monoisotopic (exact) mass is 489 g/mol. The molecule has 1 aliphatic rings. The maximum atomic E-state index is 10.8. The van der Waals surface area contributed by atoms with Crippen molar-refractivity contribution in [3.63, 3.8) is 0 Å². The van der Waals surface area contributed by atoms with Crippen LogP contribution in [0.25, 0.3) is 0 Å². The molecule has 3 heteroatoms. The average Bonchev–Trinajstić information content (AvgIpc) is 2.92. The lowest BCUT2D eigenvalue weighted by atomic mass is 9.93. The maximum Gasteiger partial charge on any atom is 0.123 e. The number of aromatic hydroxyl groups is 1. The largest absolute Gasteiger partial charge is 0.507 e. The van der Waals surface area contributed by atoms with E-state index in [0.29, 0.717) is 20.2 Å². The first-order valence-corrected chi connectivity index (χ1v) is 13.5. The minimum atomic E-state index is 0.380. The van der Waals surface area contributed by atoms with Crippen molar-refractivity contribution < 1.29 is 5.11 Å². The molecule has 2 nitrogen and oxygen atoms in total. The Labute approximate surface area is 216 Å². The fourth-order valence-electron chi connectivity index (χ4n) is 4.73. The number of allylic oxidation sites excluding steroid dienone is 4. The van der Waals surface area contributed by atoms with Gasteiger partial charge >= 0.3 is 0 Å². The highest BCUT2D eigenvalue weighted by molar-refractivity contribution is 7.55. The Morgan fingerprint density at radius 1 is 0.806 bits per heavy atom. The molecule has 0 aromatic heterocycles. The molecular formula is C33H32NOP. The Kier molecular flexibility index (Phi) is 7.64. The molecule has 2 unspecified atom stereocenters. The summed E-state index contributed by atoms with van der Waals surface area (Å²) in [5, 5.41) is 13.0. The Hall–Kier alpha value is -3.61. The third-order valence-electron chi connectivity index (χ3n) is 6.62. The first kappa shape index (κ1) is 24.1. The summed E-state index contributed by atoms with van der Waals surface area (Å²) in [5.74, 6) is 0.904. The Balaban J connectivity index is 1.45. The van der Waals surface area contributed by atoms with Crippen LogP contribution in [-0.2, 0) is 13.0 Å². The second-order valence-electron chi connectivity index (χ2n) is 9.41. The van der Waals surface area contributed by atoms with Gasteiger partial charge in [-0.1, -0.05) is 99.1 Å². The lowest BCUT2D eigenvalue weighted by Crippen LogP contribution is -2.21. The van der Waals surface area contributed by atoms with Crippen LogP contribution >= 0.6 is 8.58 Å². The van der Waals surface area contributed by atoms with Gasteiger partial charge in [0.05, 0.1) is 0 Å². The highest BCUT2D eigenvalue weighted by Gasteiger charge is 2.15. The van der Waals surface area contributed by atoms with Crippen LogP contribution in [0.1, 0.15) is 23.1 Å². The van der Waals surface area contributed by atoms with Crippen LogP contribution in [0.4, 0.5) is 11.4 Å². The quantitative estimate of drug-likeness (QED) is 0.262. The first-order valence-electron chi connectivity index (χ1n) is 12.5. The van der Waals surface area contributed by atoms with Gasteiger partial charge in [-0.25, -0.2) is 0 Å². The molecule has 36 heavy (non-hydrogen) atoms. The van der Waals surface area contributed by atoms with Gasteiger partial charge in [-0.05, 0) is 78.5 Å². The zero-order chi connectivity index (χ0) is 24.7. The van der Waals surface area contributed by atoms with Crippen molar-refractivity contribution in [2.45, 2.75) is 26.3 Å². The first-order chi connectivity index (χ1) is 17.7. The summed E-state index contributed by atoms with van der Waals surface area (Å²) in [5.41, 5.74) is 6.14. The van der Waals surface area contributed by atoms with Crippen LogP contribution in [0.5, 0.6) is 5.75 Å². The van der Waals surface area contributed by atoms with E-state index in [9.17, 15) is 5.11 Å². The number of hydrogen-bond donors (Lipinski definition) is 1. The van der Waals surface area contributed by atoms with Crippen molar-refractivity contribution in [1.82, 2.24) is 0 Å². The predicted molar refractivity (Wildman–Crippen MR) is 156 cm³/mol. The lowest BCUT2D eigenvalue weighted by molar-refractivity contribution is 0.479. The summed E-state index contributed by atoms with van der Waals surface area (Å²) < 4.78 is 0. The van der Waals surface area contributed by atoms with Crippen molar-refractivity contribution in [2.75, 3.05) is 4.90 Å². The van der Waals surface area contributed by atoms with Crippen LogP contribution in [-0.4, -0.2) is 5.11 Å². The number of benzene rings is 4. The smallest absolute Gasteiger partial charge is 0.123 e. The van der Waals surface area contributed by atoms with Crippen LogP contribution in [0.15, 0.2) is 121 Å². The zero-order valence-corrected chi connectivity index (χ0v) is 21.6. The molecule has 4 aromatic carbocycles. The van der Waals surface area contributed by atoms with E-state index in [0.717, 1.165) is 24.7 Å². The van der Waals surface area contributed by atoms with Gasteiger partial charge < -0.3 is 10.0 Å². The van der Waals surface area contributed by atoms with E-state index in [1.165, 1.54) is 33.4 Å². The molecule has 180 valence electrons. The lowest BCUT2D eigenvalue weighted by Gasteiger charge is -2.26. The fraction of sp³-hybridized carbons (Fsp3) is 0.152. The number of nitrogens with zero attached hydrogens (tertiary/aromatic N) is 1. The summed E-state index contributed by atoms with van der Waals surface area (Å²) >= 11 is 0. The summed E-state index contributed by atoms with van der Waals surface area (Å²) in [7, 11) is 0.386. The Morgan fingerprint density at radius 2 is 1.53 bits per heavy atom. The Morgan fingerprint density at radius 3 is 2.19 bits per heavy atom. The number of para-hydroxylation sites is 2. The van der Waals surface area contributed by atoms with Crippen LogP contribution in [0, 0.1) is 12.8 Å². The highest BCUT2D eigenvalue weighted by Crippen LogP contribution is 2.29. The minimum Gasteiger partial charge on any atom is -0.507 e. The molecule has 0 amide bonds. The number of anilines is 2. The third kappa shape index (κ3) is 5.96. The second kappa shape index (κ2) is 11.4. The second-order valence-corrected chi connectivity index (χ2v) is 10.7. The van der Waals surface area contributed by atoms with Gasteiger partial charge in [0.1, 0.15) is 5.75 Å². The van der Waals surface area contributed by atoms with E-state index in [4.69, 9.17) is 0 Å². The summed E-state index contributed by atoms with van der Waals surface area (Å²) in [4.78, 5) is 2.36. The topological polar surface area (TPSA) is 23.5 Å². The fourth-order valence-corrected chi connectivity index (χ4v) is 5.97. The van der Waals surface area contributed by atoms with E-state index in [1.54, 1.807) is 0 Å². The molecule has 0 saturated carbocycles. The molecule has 1 N–H and O–H groups in total. The van der Waals surface area contributed by atoms with Gasteiger partial charge in [0, 0.05) is 23.2 Å². The van der Waals surface area contributed by atoms with Gasteiger partial charge in [-0.15, -0.1) is 0 Å². The maximum absolute atomic E-state index is 10.8. The molecule has 0 radical (unpaired) electrons. The summed E-state index contributed by atoms with van der Waals surface area (Å²) in [6.45, 7) is 2.91. The summed E-state index contributed by atoms with van der Waals surface area (Å²) in [6, 6.07) is 34.0. The van der Waals surface area contributed by atoms with Gasteiger partial charge in [0.25, 0.3) is 0 Å². The van der Waals surface area contributed by atoms with Gasteiger partial charge in [0.2, 0.25) is 0 Å². The van der Waals surface area contributed by atoms with Crippen molar-refractivity contribution in [2.24, 2.45) is 5.92 Å². The standard InChI is InChI=1S/C33H32NOP/c1-25-17-20-32(36-33-23-27(18-19-31(33)35)22-26-11-5-2-6-12-26)28(21-25)24-34(29-13-7-3-8-14-29)30-15-9-4-10-16-30/h2-11,13-21,23,26,35-36H,12,22,24H2,1H3. The SMILES string of the molecule is Cc1ccc(Pc2cc(CC3C=CC=CC3)ccc2O)c(CN(c2ccccc2)c2ccccc2)c1. The molecule has 0 saturated heterocycles. The van der Waals surface area contributed by atoms with Crippen molar-refractivity contribution in [1.29, 1.82) is 0 Å². The molecule has 5 rings (SSSR count). The zero-order valence-electron chi connectivity index (χ0n) is 20.6. The van der Waals surface area contributed by atoms with Crippen LogP contribution in [0.3, 0.4) is 0 Å². The van der Waals surface area contributed by atoms with Crippen molar-refractivity contribution in [3.05, 3.63) is 138 Å². The van der Waals surface area contributed by atoms with E-state index in [2.05, 4.69) is 127 Å². The molecule has 0 fully saturated rings. The normalized spacial score (nSPS) is 15.0. The number of aryl methyl sites for hydroxylation is 1. The van der Waals surface area contributed by atoms with Gasteiger partial charge in [0.15, 0.2) is 0 Å². The van der Waals surface area contributed by atoms with E-state index < -0.39 is 0 Å². The molecule has 0 aliphatic heterocycles. The van der Waals surface area contributed by atoms with E-state index in [1.807, 2.05) is 6.07 Å². The average molecular weight is 490 g/mol. The third-order valence-corrected chi connectivity index (χ3v) is 8.05. The van der Waals surface area contributed by atoms with E-state index in [-0.39, 0.29) is 0 Å². The molecule has 0 bridgehead atoms. The van der Waals surface area contributed by atoms with Crippen LogP contribution < -0.4 is 15.5 Å².